The molecule has 0 aromatic heterocycles. The van der Waals surface area contributed by atoms with E-state index in [0.717, 1.165) is 12.8 Å². The molecule has 1 aromatic carbocycles. The Labute approximate surface area is 153 Å². The molecule has 2 rings (SSSR count). The molecule has 0 saturated carbocycles. The zero-order chi connectivity index (χ0) is 17.4. The van der Waals surface area contributed by atoms with E-state index in [1.165, 1.54) is 12.1 Å². The van der Waals surface area contributed by atoms with E-state index in [9.17, 15) is 14.9 Å². The predicted octanol–water partition coefficient (Wildman–Crippen LogP) is 1.62. The van der Waals surface area contributed by atoms with Crippen molar-refractivity contribution < 1.29 is 19.2 Å². The van der Waals surface area contributed by atoms with Crippen LogP contribution in [0.5, 0.6) is 5.75 Å². The number of nitro groups is 1. The number of amides is 1. The average Bonchev–Trinajstić information content (AvgIpc) is 2.59. The van der Waals surface area contributed by atoms with Gasteiger partial charge in [0, 0.05) is 51.7 Å². The summed E-state index contributed by atoms with van der Waals surface area (Å²) in [6.07, 6.45) is 1.53. The van der Waals surface area contributed by atoms with Gasteiger partial charge in [0.1, 0.15) is 11.9 Å². The highest BCUT2D eigenvalue weighted by Gasteiger charge is 2.23. The van der Waals surface area contributed by atoms with E-state index in [1.807, 2.05) is 4.90 Å². The van der Waals surface area contributed by atoms with Crippen LogP contribution in [0, 0.1) is 10.1 Å². The quantitative estimate of drug-likeness (QED) is 0.423. The maximum atomic E-state index is 12.0. The Bertz CT molecular complexity index is 547. The first-order chi connectivity index (χ1) is 11.6. The SMILES string of the molecule is COCCNCC(=O)N1CCC(Oc2ccc([N+](=O)[O-])cc2)CC1.Cl. The van der Waals surface area contributed by atoms with Gasteiger partial charge in [0.25, 0.3) is 5.69 Å². The molecule has 25 heavy (non-hydrogen) atoms. The lowest BCUT2D eigenvalue weighted by Gasteiger charge is -2.32. The van der Waals surface area contributed by atoms with Gasteiger partial charge in [0.2, 0.25) is 5.91 Å². The van der Waals surface area contributed by atoms with E-state index in [2.05, 4.69) is 5.32 Å². The van der Waals surface area contributed by atoms with Gasteiger partial charge < -0.3 is 19.7 Å². The van der Waals surface area contributed by atoms with Crippen molar-refractivity contribution in [3.63, 3.8) is 0 Å². The largest absolute Gasteiger partial charge is 0.490 e. The zero-order valence-corrected chi connectivity index (χ0v) is 15.0. The standard InChI is InChI=1S/C16H23N3O5.ClH/c1-23-11-8-17-12-16(20)18-9-6-15(7-10-18)24-14-4-2-13(3-5-14)19(21)22;/h2-5,15,17H,6-12H2,1H3;1H. The van der Waals surface area contributed by atoms with Gasteiger partial charge in [-0.3, -0.25) is 14.9 Å². The number of non-ortho nitro benzene ring substituents is 1. The molecule has 1 aliphatic rings. The zero-order valence-electron chi connectivity index (χ0n) is 14.2. The first kappa shape index (κ1) is 21.1. The summed E-state index contributed by atoms with van der Waals surface area (Å²) in [6.45, 7) is 2.86. The van der Waals surface area contributed by atoms with Crippen LogP contribution in [0.25, 0.3) is 0 Å². The number of nitrogens with one attached hydrogen (secondary N) is 1. The summed E-state index contributed by atoms with van der Waals surface area (Å²) in [6, 6.07) is 6.07. The first-order valence-electron chi connectivity index (χ1n) is 7.98. The van der Waals surface area contributed by atoms with Gasteiger partial charge in [-0.1, -0.05) is 0 Å². The van der Waals surface area contributed by atoms with Crippen molar-refractivity contribution >= 4 is 24.0 Å². The molecule has 1 N–H and O–H groups in total. The third-order valence-corrected chi connectivity index (χ3v) is 3.90. The van der Waals surface area contributed by atoms with Crippen LogP contribution in [0.4, 0.5) is 5.69 Å². The van der Waals surface area contributed by atoms with Crippen molar-refractivity contribution in [2.75, 3.05) is 39.9 Å². The minimum absolute atomic E-state index is 0. The summed E-state index contributed by atoms with van der Waals surface area (Å²) in [4.78, 5) is 24.1. The second-order valence-electron chi connectivity index (χ2n) is 5.62. The first-order valence-corrected chi connectivity index (χ1v) is 7.98. The van der Waals surface area contributed by atoms with Crippen molar-refractivity contribution in [1.29, 1.82) is 0 Å². The molecule has 1 aromatic rings. The van der Waals surface area contributed by atoms with E-state index in [1.54, 1.807) is 19.2 Å². The Morgan fingerprint density at radius 2 is 1.96 bits per heavy atom. The van der Waals surface area contributed by atoms with Gasteiger partial charge in [0.05, 0.1) is 18.1 Å². The van der Waals surface area contributed by atoms with Crippen LogP contribution in [0.2, 0.25) is 0 Å². The Kier molecular flexibility index (Phi) is 9.18. The van der Waals surface area contributed by atoms with Gasteiger partial charge in [-0.2, -0.15) is 0 Å². The number of nitro benzene ring substituents is 1. The number of benzene rings is 1. The maximum absolute atomic E-state index is 12.0. The van der Waals surface area contributed by atoms with Crippen LogP contribution in [-0.2, 0) is 9.53 Å². The number of piperidine rings is 1. The lowest BCUT2D eigenvalue weighted by atomic mass is 10.1. The molecule has 1 fully saturated rings. The second kappa shape index (κ2) is 10.9. The van der Waals surface area contributed by atoms with Crippen molar-refractivity contribution in [3.8, 4) is 5.75 Å². The molecule has 8 nitrogen and oxygen atoms in total. The van der Waals surface area contributed by atoms with E-state index in [-0.39, 0.29) is 30.1 Å². The molecule has 0 unspecified atom stereocenters. The Hall–Kier alpha value is -1.90. The summed E-state index contributed by atoms with van der Waals surface area (Å²) in [5.74, 6) is 0.700. The van der Waals surface area contributed by atoms with Gasteiger partial charge >= 0.3 is 0 Å². The number of methoxy groups -OCH3 is 1. The molecule has 0 spiro atoms. The molecule has 1 aliphatic heterocycles. The highest BCUT2D eigenvalue weighted by molar-refractivity contribution is 5.85. The highest BCUT2D eigenvalue weighted by Crippen LogP contribution is 2.21. The fraction of sp³-hybridized carbons (Fsp3) is 0.562. The molecule has 0 atom stereocenters. The molecular formula is C16H24ClN3O5. The van der Waals surface area contributed by atoms with Gasteiger partial charge in [-0.25, -0.2) is 0 Å². The monoisotopic (exact) mass is 373 g/mol. The lowest BCUT2D eigenvalue weighted by Crippen LogP contribution is -2.45. The minimum Gasteiger partial charge on any atom is -0.490 e. The van der Waals surface area contributed by atoms with E-state index in [4.69, 9.17) is 9.47 Å². The Balaban J connectivity index is 0.00000312. The fourth-order valence-electron chi connectivity index (χ4n) is 2.54. The number of likely N-dealkylation sites (tertiary alicyclic amines) is 1. The molecule has 9 heteroatoms. The van der Waals surface area contributed by atoms with Gasteiger partial charge in [-0.05, 0) is 12.1 Å². The molecule has 1 saturated heterocycles. The van der Waals surface area contributed by atoms with Crippen LogP contribution in [0.1, 0.15) is 12.8 Å². The minimum atomic E-state index is -0.436. The van der Waals surface area contributed by atoms with E-state index >= 15 is 0 Å². The smallest absolute Gasteiger partial charge is 0.269 e. The molecule has 140 valence electrons. The topological polar surface area (TPSA) is 93.9 Å². The summed E-state index contributed by atoms with van der Waals surface area (Å²) < 4.78 is 10.8. The van der Waals surface area contributed by atoms with Crippen molar-refractivity contribution in [2.45, 2.75) is 18.9 Å². The van der Waals surface area contributed by atoms with Crippen LogP contribution >= 0.6 is 12.4 Å². The number of ether oxygens (including phenoxy) is 2. The molecule has 0 aliphatic carbocycles. The average molecular weight is 374 g/mol. The number of nitrogens with zero attached hydrogens (tertiary/aromatic N) is 2. The number of rotatable bonds is 8. The number of hydrogen-bond acceptors (Lipinski definition) is 6. The summed E-state index contributed by atoms with van der Waals surface area (Å²) >= 11 is 0. The van der Waals surface area contributed by atoms with E-state index in [0.29, 0.717) is 38.5 Å². The number of carbonyl (C=O) groups excluding carboxylic acids is 1. The fourth-order valence-corrected chi connectivity index (χ4v) is 2.54. The highest BCUT2D eigenvalue weighted by atomic mass is 35.5. The molecule has 0 radical (unpaired) electrons. The molecule has 0 bridgehead atoms. The number of hydrogen-bond donors (Lipinski definition) is 1. The normalized spacial score (nSPS) is 14.7. The predicted molar refractivity (Wildman–Crippen MR) is 95.3 cm³/mol. The van der Waals surface area contributed by atoms with Gasteiger partial charge in [-0.15, -0.1) is 12.4 Å². The van der Waals surface area contributed by atoms with Gasteiger partial charge in [0.15, 0.2) is 0 Å². The number of carbonyl (C=O) groups is 1. The third kappa shape index (κ3) is 6.85. The molecule has 1 amide bonds. The lowest BCUT2D eigenvalue weighted by molar-refractivity contribution is -0.384. The molecule has 1 heterocycles. The third-order valence-electron chi connectivity index (χ3n) is 3.90. The molecular weight excluding hydrogens is 350 g/mol. The second-order valence-corrected chi connectivity index (χ2v) is 5.62. The summed E-state index contributed by atoms with van der Waals surface area (Å²) in [7, 11) is 1.62. The Morgan fingerprint density at radius 3 is 2.52 bits per heavy atom. The van der Waals surface area contributed by atoms with Crippen LogP contribution in [0.3, 0.4) is 0 Å². The van der Waals surface area contributed by atoms with Crippen molar-refractivity contribution in [1.82, 2.24) is 10.2 Å². The number of halogens is 1. The van der Waals surface area contributed by atoms with E-state index < -0.39 is 4.92 Å². The van der Waals surface area contributed by atoms with Crippen molar-refractivity contribution in [3.05, 3.63) is 34.4 Å². The maximum Gasteiger partial charge on any atom is 0.269 e. The van der Waals surface area contributed by atoms with Crippen molar-refractivity contribution in [2.24, 2.45) is 0 Å². The van der Waals surface area contributed by atoms with Crippen LogP contribution in [-0.4, -0.2) is 61.7 Å². The van der Waals surface area contributed by atoms with Crippen LogP contribution < -0.4 is 10.1 Å². The summed E-state index contributed by atoms with van der Waals surface area (Å²) in [5.41, 5.74) is 0.0451. The van der Waals surface area contributed by atoms with Crippen LogP contribution in [0.15, 0.2) is 24.3 Å². The Morgan fingerprint density at radius 1 is 1.32 bits per heavy atom. The summed E-state index contributed by atoms with van der Waals surface area (Å²) in [5, 5.41) is 13.7.